The van der Waals surface area contributed by atoms with Gasteiger partial charge in [0.25, 0.3) is 0 Å². The molecule has 0 bridgehead atoms. The van der Waals surface area contributed by atoms with Gasteiger partial charge in [-0.15, -0.1) is 0 Å². The molecule has 0 aromatic heterocycles. The number of allylic oxidation sites excluding steroid dienone is 3. The molecular formula is C11H19N. The van der Waals surface area contributed by atoms with Crippen molar-refractivity contribution in [3.8, 4) is 0 Å². The standard InChI is InChI=1S/C11H19N/c1-6-10(3)8-11(4)9-12(5)7-2/h7-9H,2,6H2,1,3-5H3/b10-8+,11-9-. The average molecular weight is 165 g/mol. The van der Waals surface area contributed by atoms with Crippen molar-refractivity contribution >= 4 is 0 Å². The number of rotatable bonds is 4. The molecule has 1 heteroatoms. The Morgan fingerprint density at radius 3 is 2.42 bits per heavy atom. The zero-order chi connectivity index (χ0) is 9.56. The second kappa shape index (κ2) is 5.64. The minimum absolute atomic E-state index is 1.11. The fourth-order valence-electron chi connectivity index (χ4n) is 0.902. The molecule has 0 rings (SSSR count). The van der Waals surface area contributed by atoms with E-state index in [1.165, 1.54) is 11.1 Å². The molecule has 0 saturated carbocycles. The molecule has 0 aliphatic heterocycles. The Kier molecular flexibility index (Phi) is 5.18. The highest BCUT2D eigenvalue weighted by atomic mass is 15.0. The first kappa shape index (κ1) is 11.0. The highest BCUT2D eigenvalue weighted by Gasteiger charge is 1.87. The third kappa shape index (κ3) is 4.78. The van der Waals surface area contributed by atoms with Crippen LogP contribution in [0.15, 0.2) is 36.2 Å². The van der Waals surface area contributed by atoms with Crippen LogP contribution in [-0.2, 0) is 0 Å². The van der Waals surface area contributed by atoms with Crippen molar-refractivity contribution in [2.45, 2.75) is 27.2 Å². The Balaban J connectivity index is 4.28. The molecule has 0 fully saturated rings. The third-order valence-corrected chi connectivity index (χ3v) is 1.73. The molecule has 0 heterocycles. The van der Waals surface area contributed by atoms with E-state index in [9.17, 15) is 0 Å². The molecule has 0 atom stereocenters. The lowest BCUT2D eigenvalue weighted by Crippen LogP contribution is -1.99. The van der Waals surface area contributed by atoms with E-state index in [0.717, 1.165) is 6.42 Å². The Hall–Kier alpha value is -0.980. The lowest BCUT2D eigenvalue weighted by molar-refractivity contribution is 0.623. The lowest BCUT2D eigenvalue weighted by Gasteiger charge is -2.07. The van der Waals surface area contributed by atoms with Crippen molar-refractivity contribution in [1.82, 2.24) is 4.90 Å². The minimum Gasteiger partial charge on any atom is -0.358 e. The van der Waals surface area contributed by atoms with E-state index in [2.05, 4.69) is 39.6 Å². The summed E-state index contributed by atoms with van der Waals surface area (Å²) in [6.07, 6.45) is 7.16. The van der Waals surface area contributed by atoms with Crippen LogP contribution in [0, 0.1) is 0 Å². The van der Waals surface area contributed by atoms with Crippen molar-refractivity contribution < 1.29 is 0 Å². The summed E-state index contributed by atoms with van der Waals surface area (Å²) in [7, 11) is 1.98. The van der Waals surface area contributed by atoms with Gasteiger partial charge in [0.1, 0.15) is 0 Å². The Bertz CT molecular complexity index is 199. The summed E-state index contributed by atoms with van der Waals surface area (Å²) in [6.45, 7) is 10.1. The normalized spacial score (nSPS) is 13.0. The number of hydrogen-bond acceptors (Lipinski definition) is 1. The summed E-state index contributed by atoms with van der Waals surface area (Å²) in [5.41, 5.74) is 2.66. The van der Waals surface area contributed by atoms with Gasteiger partial charge >= 0.3 is 0 Å². The highest BCUT2D eigenvalue weighted by molar-refractivity contribution is 5.20. The molecule has 1 nitrogen and oxygen atoms in total. The molecule has 68 valence electrons. The predicted octanol–water partition coefficient (Wildman–Crippen LogP) is 3.32. The van der Waals surface area contributed by atoms with Crippen LogP contribution in [0.1, 0.15) is 27.2 Å². The summed E-state index contributed by atoms with van der Waals surface area (Å²) in [5.74, 6) is 0. The van der Waals surface area contributed by atoms with Gasteiger partial charge in [0, 0.05) is 13.2 Å². The highest BCUT2D eigenvalue weighted by Crippen LogP contribution is 2.05. The molecular weight excluding hydrogens is 146 g/mol. The van der Waals surface area contributed by atoms with Gasteiger partial charge in [-0.25, -0.2) is 0 Å². The van der Waals surface area contributed by atoms with Crippen LogP contribution in [0.25, 0.3) is 0 Å². The second-order valence-corrected chi connectivity index (χ2v) is 3.07. The fourth-order valence-corrected chi connectivity index (χ4v) is 0.902. The average Bonchev–Trinajstić information content (AvgIpc) is 2.03. The number of hydrogen-bond donors (Lipinski definition) is 0. The van der Waals surface area contributed by atoms with Crippen LogP contribution in [0.3, 0.4) is 0 Å². The van der Waals surface area contributed by atoms with E-state index in [-0.39, 0.29) is 0 Å². The van der Waals surface area contributed by atoms with Crippen LogP contribution < -0.4 is 0 Å². The van der Waals surface area contributed by atoms with Crippen LogP contribution in [0.4, 0.5) is 0 Å². The second-order valence-electron chi connectivity index (χ2n) is 3.07. The zero-order valence-electron chi connectivity index (χ0n) is 8.59. The van der Waals surface area contributed by atoms with E-state index in [1.807, 2.05) is 11.9 Å². The smallest absolute Gasteiger partial charge is 0.0106 e. The molecule has 0 amide bonds. The molecule has 0 saturated heterocycles. The van der Waals surface area contributed by atoms with E-state index in [4.69, 9.17) is 0 Å². The Morgan fingerprint density at radius 2 is 2.00 bits per heavy atom. The first-order chi connectivity index (χ1) is 5.60. The predicted molar refractivity (Wildman–Crippen MR) is 55.8 cm³/mol. The van der Waals surface area contributed by atoms with E-state index in [0.29, 0.717) is 0 Å². The number of nitrogens with zero attached hydrogens (tertiary/aromatic N) is 1. The topological polar surface area (TPSA) is 3.24 Å². The van der Waals surface area contributed by atoms with Crippen molar-refractivity contribution in [3.05, 3.63) is 36.2 Å². The molecule has 0 spiro atoms. The van der Waals surface area contributed by atoms with Crippen molar-refractivity contribution in [1.29, 1.82) is 0 Å². The largest absolute Gasteiger partial charge is 0.358 e. The zero-order valence-corrected chi connectivity index (χ0v) is 8.59. The summed E-state index contributed by atoms with van der Waals surface area (Å²) in [5, 5.41) is 0. The Morgan fingerprint density at radius 1 is 1.42 bits per heavy atom. The molecule has 12 heavy (non-hydrogen) atoms. The molecule has 0 aliphatic carbocycles. The third-order valence-electron chi connectivity index (χ3n) is 1.73. The monoisotopic (exact) mass is 165 g/mol. The molecule has 0 aromatic rings. The van der Waals surface area contributed by atoms with Gasteiger partial charge in [0.05, 0.1) is 0 Å². The maximum atomic E-state index is 3.67. The van der Waals surface area contributed by atoms with Gasteiger partial charge in [0.2, 0.25) is 0 Å². The summed E-state index contributed by atoms with van der Waals surface area (Å²) in [6, 6.07) is 0. The minimum atomic E-state index is 1.11. The summed E-state index contributed by atoms with van der Waals surface area (Å²) in [4.78, 5) is 1.95. The molecule has 0 unspecified atom stereocenters. The lowest BCUT2D eigenvalue weighted by atomic mass is 10.1. The van der Waals surface area contributed by atoms with Gasteiger partial charge in [0.15, 0.2) is 0 Å². The maximum absolute atomic E-state index is 3.67. The SMILES string of the molecule is C=CN(C)/C=C(C)\C=C(/C)CC. The first-order valence-electron chi connectivity index (χ1n) is 4.30. The van der Waals surface area contributed by atoms with Gasteiger partial charge in [-0.05, 0) is 32.0 Å². The first-order valence-corrected chi connectivity index (χ1v) is 4.30. The van der Waals surface area contributed by atoms with Gasteiger partial charge in [-0.2, -0.15) is 0 Å². The van der Waals surface area contributed by atoms with E-state index in [1.54, 1.807) is 6.20 Å². The quantitative estimate of drug-likeness (QED) is 0.578. The molecule has 0 radical (unpaired) electrons. The fraction of sp³-hybridized carbons (Fsp3) is 0.455. The summed E-state index contributed by atoms with van der Waals surface area (Å²) < 4.78 is 0. The molecule has 0 aromatic carbocycles. The van der Waals surface area contributed by atoms with Crippen molar-refractivity contribution in [2.75, 3.05) is 7.05 Å². The van der Waals surface area contributed by atoms with Gasteiger partial charge in [-0.3, -0.25) is 0 Å². The van der Waals surface area contributed by atoms with Crippen LogP contribution in [0.5, 0.6) is 0 Å². The Labute approximate surface area is 76.1 Å². The van der Waals surface area contributed by atoms with Crippen molar-refractivity contribution in [2.24, 2.45) is 0 Å². The van der Waals surface area contributed by atoms with Crippen LogP contribution in [-0.4, -0.2) is 11.9 Å². The van der Waals surface area contributed by atoms with E-state index < -0.39 is 0 Å². The van der Waals surface area contributed by atoms with Gasteiger partial charge in [-0.1, -0.05) is 25.2 Å². The van der Waals surface area contributed by atoms with Gasteiger partial charge < -0.3 is 4.90 Å². The molecule has 0 aliphatic rings. The van der Waals surface area contributed by atoms with Crippen LogP contribution in [0.2, 0.25) is 0 Å². The maximum Gasteiger partial charge on any atom is 0.0106 e. The van der Waals surface area contributed by atoms with Crippen molar-refractivity contribution in [3.63, 3.8) is 0 Å². The molecule has 0 N–H and O–H groups in total. The van der Waals surface area contributed by atoms with E-state index >= 15 is 0 Å². The van der Waals surface area contributed by atoms with Crippen LogP contribution >= 0.6 is 0 Å². The summed E-state index contributed by atoms with van der Waals surface area (Å²) >= 11 is 0.